The first-order valence-electron chi connectivity index (χ1n) is 14.5. The summed E-state index contributed by atoms with van der Waals surface area (Å²) in [7, 11) is 3.82. The monoisotopic (exact) mass is 615 g/mol. The third-order valence-corrected chi connectivity index (χ3v) is 6.70. The second-order valence-electron chi connectivity index (χ2n) is 10.5. The number of phenolic OH excluding ortho intramolecular Hbond substituents is 1. The maximum absolute atomic E-state index is 12.5. The fraction of sp³-hybridized carbons (Fsp3) is 0.294. The van der Waals surface area contributed by atoms with Gasteiger partial charge in [-0.2, -0.15) is 0 Å². The van der Waals surface area contributed by atoms with Crippen molar-refractivity contribution in [1.29, 1.82) is 0 Å². The molecule has 1 atom stereocenters. The molecule has 2 heterocycles. The van der Waals surface area contributed by atoms with Gasteiger partial charge in [-0.05, 0) is 50.3 Å². The minimum absolute atomic E-state index is 0.0173. The summed E-state index contributed by atoms with van der Waals surface area (Å²) in [4.78, 5) is 42.8. The number of hydrogen-bond donors (Lipinski definition) is 3. The number of aldehydes is 1. The van der Waals surface area contributed by atoms with Crippen molar-refractivity contribution in [2.75, 3.05) is 40.3 Å². The highest BCUT2D eigenvalue weighted by Gasteiger charge is 2.38. The van der Waals surface area contributed by atoms with E-state index >= 15 is 0 Å². The first kappa shape index (κ1) is 36.4. The fourth-order valence-electron chi connectivity index (χ4n) is 4.51. The molecule has 2 amide bonds. The number of aromatic hydroxyl groups is 1. The summed E-state index contributed by atoms with van der Waals surface area (Å²) < 4.78 is 0. The van der Waals surface area contributed by atoms with Crippen molar-refractivity contribution in [3.05, 3.63) is 115 Å². The zero-order chi connectivity index (χ0) is 33.2. The van der Waals surface area contributed by atoms with E-state index in [-0.39, 0.29) is 19.0 Å². The van der Waals surface area contributed by atoms with Crippen LogP contribution in [0.15, 0.2) is 92.3 Å². The lowest BCUT2D eigenvalue weighted by atomic mass is 10.1. The predicted molar refractivity (Wildman–Crippen MR) is 177 cm³/mol. The molecule has 0 spiro atoms. The summed E-state index contributed by atoms with van der Waals surface area (Å²) >= 11 is 0. The first-order valence-corrected chi connectivity index (χ1v) is 14.5. The summed E-state index contributed by atoms with van der Waals surface area (Å²) in [5.41, 5.74) is 10.3. The Bertz CT molecular complexity index is 1350. The number of nitrogens with zero attached hydrogens (tertiary/aromatic N) is 5. The zero-order valence-electron chi connectivity index (χ0n) is 26.4. The molecule has 1 fully saturated rings. The van der Waals surface area contributed by atoms with Gasteiger partial charge >= 0.3 is 0 Å². The normalized spacial score (nSPS) is 14.5. The number of aromatic nitrogens is 1. The molecule has 45 heavy (non-hydrogen) atoms. The number of rotatable bonds is 12. The van der Waals surface area contributed by atoms with Gasteiger partial charge in [0.2, 0.25) is 12.3 Å². The molecule has 1 aliphatic rings. The Morgan fingerprint density at radius 2 is 1.80 bits per heavy atom. The Morgan fingerprint density at radius 3 is 2.36 bits per heavy atom. The Morgan fingerprint density at radius 1 is 1.11 bits per heavy atom. The molecule has 11 heteroatoms. The van der Waals surface area contributed by atoms with Crippen LogP contribution < -0.4 is 11.1 Å². The van der Waals surface area contributed by atoms with Crippen LogP contribution in [0.2, 0.25) is 0 Å². The molecule has 3 aromatic rings. The summed E-state index contributed by atoms with van der Waals surface area (Å²) in [5.74, 6) is 0.115. The van der Waals surface area contributed by atoms with Gasteiger partial charge in [0.25, 0.3) is 0 Å². The van der Waals surface area contributed by atoms with Gasteiger partial charge in [0, 0.05) is 49.8 Å². The van der Waals surface area contributed by atoms with Crippen molar-refractivity contribution in [2.24, 2.45) is 5.73 Å². The van der Waals surface area contributed by atoms with E-state index in [2.05, 4.69) is 35.6 Å². The molecule has 2 aromatic carbocycles. The fourth-order valence-corrected chi connectivity index (χ4v) is 4.51. The van der Waals surface area contributed by atoms with Crippen molar-refractivity contribution in [3.8, 4) is 5.75 Å². The maximum Gasteiger partial charge on any atom is 0.240 e. The zero-order valence-corrected chi connectivity index (χ0v) is 26.4. The number of hydrogen-bond acceptors (Lipinski definition) is 9. The van der Waals surface area contributed by atoms with Crippen LogP contribution in [-0.4, -0.2) is 95.0 Å². The van der Waals surface area contributed by atoms with Gasteiger partial charge in [0.15, 0.2) is 0 Å². The Labute approximate surface area is 266 Å². The van der Waals surface area contributed by atoms with Gasteiger partial charge in [-0.25, -0.2) is 5.01 Å². The van der Waals surface area contributed by atoms with Gasteiger partial charge in [0.1, 0.15) is 18.2 Å². The number of aryl methyl sites for hydroxylation is 1. The molecule has 1 saturated heterocycles. The molecule has 0 aliphatic carbocycles. The third kappa shape index (κ3) is 12.4. The van der Waals surface area contributed by atoms with Gasteiger partial charge < -0.3 is 25.9 Å². The number of nitrogens with two attached hydrogens (primary N) is 1. The van der Waals surface area contributed by atoms with Crippen LogP contribution in [0.5, 0.6) is 5.75 Å². The molecule has 4 rings (SSSR count). The third-order valence-electron chi connectivity index (χ3n) is 6.70. The minimum atomic E-state index is -0.602. The topological polar surface area (TPSA) is 135 Å². The van der Waals surface area contributed by atoms with Crippen LogP contribution in [0.4, 0.5) is 0 Å². The second-order valence-corrected chi connectivity index (χ2v) is 10.5. The highest BCUT2D eigenvalue weighted by molar-refractivity contribution is 5.82. The number of hydrazine groups is 1. The molecule has 1 aromatic heterocycles. The number of carbonyl (C=O) groups excluding carboxylic acids is 3. The lowest BCUT2D eigenvalue weighted by Gasteiger charge is -2.47. The van der Waals surface area contributed by atoms with E-state index in [9.17, 15) is 14.4 Å². The van der Waals surface area contributed by atoms with Gasteiger partial charge in [0.05, 0.1) is 13.1 Å². The Hall–Kier alpha value is -4.84. The lowest BCUT2D eigenvalue weighted by molar-refractivity contribution is -0.181. The van der Waals surface area contributed by atoms with E-state index in [4.69, 9.17) is 10.8 Å². The Kier molecular flexibility index (Phi) is 15.7. The number of benzene rings is 2. The lowest BCUT2D eigenvalue weighted by Crippen LogP contribution is -2.67. The molecule has 1 unspecified atom stereocenters. The molecule has 4 N–H and O–H groups in total. The van der Waals surface area contributed by atoms with Crippen LogP contribution >= 0.6 is 0 Å². The highest BCUT2D eigenvalue weighted by Crippen LogP contribution is 2.18. The first-order chi connectivity index (χ1) is 21.6. The minimum Gasteiger partial charge on any atom is -0.508 e. The number of phenols is 1. The average Bonchev–Trinajstić information content (AvgIpc) is 3.02. The van der Waals surface area contributed by atoms with Gasteiger partial charge in [-0.1, -0.05) is 60.7 Å². The van der Waals surface area contributed by atoms with Crippen molar-refractivity contribution < 1.29 is 19.5 Å². The number of amides is 2. The SMILES string of the molecule is C=CCN1CC(=O)N(CC=O)C(CN(C)Cc2cncc(C(=C)N)c2)N1C=O.CNCc1ccccc1.Cc1ccc(O)cc1. The number of carbonyl (C=O) groups is 3. The molecule has 1 aliphatic heterocycles. The van der Waals surface area contributed by atoms with Crippen LogP contribution in [0.25, 0.3) is 5.70 Å². The molecule has 0 radical (unpaired) electrons. The predicted octanol–water partition coefficient (Wildman–Crippen LogP) is 2.78. The van der Waals surface area contributed by atoms with E-state index < -0.39 is 6.17 Å². The number of nitrogens with one attached hydrogen (secondary N) is 1. The Balaban J connectivity index is 0.000000333. The summed E-state index contributed by atoms with van der Waals surface area (Å²) in [6.07, 6.45) is 5.72. The molecule has 0 bridgehead atoms. The number of pyridine rings is 1. The van der Waals surface area contributed by atoms with Crippen molar-refractivity contribution in [1.82, 2.24) is 30.1 Å². The largest absolute Gasteiger partial charge is 0.508 e. The second kappa shape index (κ2) is 19.4. The quantitative estimate of drug-likeness (QED) is 0.208. The van der Waals surface area contributed by atoms with Crippen molar-refractivity contribution in [2.45, 2.75) is 26.2 Å². The van der Waals surface area contributed by atoms with Crippen LogP contribution in [0.1, 0.15) is 22.3 Å². The average molecular weight is 616 g/mol. The standard InChI is InChI=1S/C19H26N6O3.C8H11N.C7H8O/c1-4-5-23-13-19(28)24(6-7-26)18(25(23)14-27)12-22(3)11-16-8-17(15(2)20)10-21-9-16;1-9-7-8-5-3-2-4-6-8;1-6-2-4-7(8)5-3-6/h4,7-10,14,18H,1-2,5-6,11-13,20H2,3H3;2-6,9H,7H2,1H3;2-5,8H,1H3. The maximum atomic E-state index is 12.5. The van der Waals surface area contributed by atoms with Crippen LogP contribution in [-0.2, 0) is 27.5 Å². The van der Waals surface area contributed by atoms with E-state index in [0.717, 1.165) is 17.7 Å². The van der Waals surface area contributed by atoms with Gasteiger partial charge in [-0.3, -0.25) is 24.5 Å². The van der Waals surface area contributed by atoms with Crippen LogP contribution in [0, 0.1) is 6.92 Å². The molecule has 0 saturated carbocycles. The summed E-state index contributed by atoms with van der Waals surface area (Å²) in [5, 5.41) is 14.9. The van der Waals surface area contributed by atoms with E-state index in [1.165, 1.54) is 21.0 Å². The summed E-state index contributed by atoms with van der Waals surface area (Å²) in [6.45, 7) is 11.5. The molecular formula is C34H45N7O4. The molecule has 240 valence electrons. The molecule has 11 nitrogen and oxygen atoms in total. The summed E-state index contributed by atoms with van der Waals surface area (Å²) in [6, 6.07) is 19.3. The van der Waals surface area contributed by atoms with E-state index in [1.807, 2.05) is 62.3 Å². The highest BCUT2D eigenvalue weighted by atomic mass is 16.3. The molecular weight excluding hydrogens is 570 g/mol. The number of likely N-dealkylation sites (N-methyl/N-ethyl adjacent to an activating group) is 1. The van der Waals surface area contributed by atoms with E-state index in [0.29, 0.717) is 43.8 Å². The van der Waals surface area contributed by atoms with Crippen LogP contribution in [0.3, 0.4) is 0 Å². The van der Waals surface area contributed by atoms with Gasteiger partial charge in [-0.15, -0.1) is 6.58 Å². The van der Waals surface area contributed by atoms with Crippen molar-refractivity contribution >= 4 is 24.3 Å². The van der Waals surface area contributed by atoms with E-state index in [1.54, 1.807) is 35.6 Å². The smallest absolute Gasteiger partial charge is 0.240 e. The van der Waals surface area contributed by atoms with Crippen molar-refractivity contribution in [3.63, 3.8) is 0 Å².